The molecule has 1 heterocycles. The van der Waals surface area contributed by atoms with Gasteiger partial charge in [-0.15, -0.1) is 6.58 Å². The van der Waals surface area contributed by atoms with Crippen molar-refractivity contribution in [3.63, 3.8) is 0 Å². The van der Waals surface area contributed by atoms with E-state index in [0.717, 1.165) is 5.46 Å². The molecule has 1 aliphatic rings. The molecule has 1 aromatic carbocycles. The summed E-state index contributed by atoms with van der Waals surface area (Å²) in [6.07, 6.45) is 1.33. The lowest BCUT2D eigenvalue weighted by Gasteiger charge is -2.08. The van der Waals surface area contributed by atoms with Crippen molar-refractivity contribution in [2.24, 2.45) is 0 Å². The quantitative estimate of drug-likeness (QED) is 0.657. The zero-order valence-corrected chi connectivity index (χ0v) is 11.7. The van der Waals surface area contributed by atoms with Crippen molar-refractivity contribution in [2.75, 3.05) is 10.5 Å². The summed E-state index contributed by atoms with van der Waals surface area (Å²) in [5, 5.41) is 0. The lowest BCUT2D eigenvalue weighted by atomic mass is 9.79. The molecule has 1 aliphatic heterocycles. The Labute approximate surface area is 118 Å². The molecule has 0 radical (unpaired) electrons. The molecule has 0 aromatic heterocycles. The number of hydrogen-bond acceptors (Lipinski definition) is 4. The maximum absolute atomic E-state index is 11.6. The average Bonchev–Trinajstić information content (AvgIpc) is 2.70. The van der Waals surface area contributed by atoms with Crippen LogP contribution in [0, 0.1) is 0 Å². The summed E-state index contributed by atoms with van der Waals surface area (Å²) in [7, 11) is -3.98. The number of sulfonamides is 1. The molecule has 0 aliphatic carbocycles. The van der Waals surface area contributed by atoms with Crippen LogP contribution < -0.4 is 10.2 Å². The molecule has 0 amide bonds. The zero-order chi connectivity index (χ0) is 14.8. The summed E-state index contributed by atoms with van der Waals surface area (Å²) in [5.41, 5.74) is 1.21. The maximum atomic E-state index is 11.6. The molecule has 7 heteroatoms. The molecule has 1 fully saturated rings. The molecule has 20 heavy (non-hydrogen) atoms. The Kier molecular flexibility index (Phi) is 3.90. The van der Waals surface area contributed by atoms with Crippen LogP contribution in [-0.4, -0.2) is 21.3 Å². The number of rotatable bonds is 5. The summed E-state index contributed by atoms with van der Waals surface area (Å²) in [6.45, 7) is 10.7. The predicted octanol–water partition coefficient (Wildman–Crippen LogP) is 1.38. The fourth-order valence-electron chi connectivity index (χ4n) is 1.63. The van der Waals surface area contributed by atoms with E-state index in [2.05, 4.69) is 24.5 Å². The number of nitrogens with one attached hydrogen (secondary N) is 1. The van der Waals surface area contributed by atoms with E-state index in [4.69, 9.17) is 9.31 Å². The van der Waals surface area contributed by atoms with Gasteiger partial charge in [0.05, 0.1) is 5.75 Å². The first-order valence-corrected chi connectivity index (χ1v) is 7.49. The number of anilines is 1. The Bertz CT molecular complexity index is 635. The molecule has 1 N–H and O–H groups in total. The van der Waals surface area contributed by atoms with E-state index in [1.165, 1.54) is 6.08 Å². The van der Waals surface area contributed by atoms with Gasteiger partial charge < -0.3 is 9.31 Å². The highest BCUT2D eigenvalue weighted by Gasteiger charge is 2.34. The summed E-state index contributed by atoms with van der Waals surface area (Å²) < 4.78 is 36.3. The lowest BCUT2D eigenvalue weighted by Crippen LogP contribution is -2.31. The standard InChI is InChI=1S/C13H14BNO4S/c1-4-9-20(16,17)15-13-7-5-12(6-8-13)14-18-10(2)11(3)19-14/h4-8,15H,1-3,9H2. The van der Waals surface area contributed by atoms with Crippen molar-refractivity contribution >= 4 is 28.3 Å². The Morgan fingerprint density at radius 2 is 1.70 bits per heavy atom. The second-order valence-corrected chi connectivity index (χ2v) is 5.98. The minimum absolute atomic E-state index is 0.136. The van der Waals surface area contributed by atoms with Crippen LogP contribution in [0.4, 0.5) is 5.69 Å². The highest BCUT2D eigenvalue weighted by Crippen LogP contribution is 2.20. The van der Waals surface area contributed by atoms with Crippen molar-refractivity contribution in [2.45, 2.75) is 0 Å². The van der Waals surface area contributed by atoms with Gasteiger partial charge in [-0.1, -0.05) is 31.4 Å². The van der Waals surface area contributed by atoms with E-state index < -0.39 is 17.1 Å². The molecular weight excluding hydrogens is 277 g/mol. The molecule has 0 saturated carbocycles. The van der Waals surface area contributed by atoms with Gasteiger partial charge in [-0.05, 0) is 12.1 Å². The smallest absolute Gasteiger partial charge is 0.520 e. The topological polar surface area (TPSA) is 64.6 Å². The Morgan fingerprint density at radius 1 is 1.15 bits per heavy atom. The first-order chi connectivity index (χ1) is 9.41. The number of hydrogen-bond donors (Lipinski definition) is 1. The van der Waals surface area contributed by atoms with Gasteiger partial charge in [-0.2, -0.15) is 0 Å². The fourth-order valence-corrected chi connectivity index (χ4v) is 2.52. The van der Waals surface area contributed by atoms with Crippen LogP contribution in [-0.2, 0) is 19.3 Å². The molecule has 1 aromatic rings. The van der Waals surface area contributed by atoms with Gasteiger partial charge >= 0.3 is 7.12 Å². The molecule has 2 rings (SSSR count). The lowest BCUT2D eigenvalue weighted by molar-refractivity contribution is 0.431. The Hall–Kier alpha value is -2.15. The van der Waals surface area contributed by atoms with Crippen LogP contribution in [0.1, 0.15) is 0 Å². The van der Waals surface area contributed by atoms with E-state index in [1.54, 1.807) is 24.3 Å². The Morgan fingerprint density at radius 3 is 2.20 bits per heavy atom. The first kappa shape index (κ1) is 14.3. The summed E-state index contributed by atoms with van der Waals surface area (Å²) >= 11 is 0. The molecule has 5 nitrogen and oxygen atoms in total. The third-order valence-corrected chi connectivity index (χ3v) is 3.82. The molecular formula is C13H14BNO4S. The van der Waals surface area contributed by atoms with Crippen molar-refractivity contribution in [3.8, 4) is 0 Å². The van der Waals surface area contributed by atoms with Crippen LogP contribution in [0.2, 0.25) is 0 Å². The minimum atomic E-state index is -3.39. The van der Waals surface area contributed by atoms with Crippen molar-refractivity contribution in [1.82, 2.24) is 0 Å². The molecule has 104 valence electrons. The highest BCUT2D eigenvalue weighted by atomic mass is 32.2. The molecule has 0 atom stereocenters. The molecule has 0 spiro atoms. The summed E-state index contributed by atoms with van der Waals surface area (Å²) in [4.78, 5) is 0. The maximum Gasteiger partial charge on any atom is 0.632 e. The van der Waals surface area contributed by atoms with Crippen molar-refractivity contribution in [1.29, 1.82) is 0 Å². The van der Waals surface area contributed by atoms with Gasteiger partial charge in [0.25, 0.3) is 0 Å². The molecule has 0 unspecified atom stereocenters. The van der Waals surface area contributed by atoms with Gasteiger partial charge in [-0.25, -0.2) is 8.42 Å². The van der Waals surface area contributed by atoms with E-state index >= 15 is 0 Å². The van der Waals surface area contributed by atoms with Crippen molar-refractivity contribution < 1.29 is 17.7 Å². The highest BCUT2D eigenvalue weighted by molar-refractivity contribution is 7.92. The fraction of sp³-hybridized carbons (Fsp3) is 0.0769. The normalized spacial score (nSPS) is 14.7. The van der Waals surface area contributed by atoms with Gasteiger partial charge in [0.1, 0.15) is 11.5 Å². The zero-order valence-electron chi connectivity index (χ0n) is 10.8. The van der Waals surface area contributed by atoms with Crippen LogP contribution in [0.3, 0.4) is 0 Å². The SMILES string of the molecule is C=CCS(=O)(=O)Nc1ccc(B2OC(=C)C(=C)O2)cc1. The van der Waals surface area contributed by atoms with Gasteiger partial charge in [0, 0.05) is 11.2 Å². The molecule has 1 saturated heterocycles. The third-order valence-electron chi connectivity index (χ3n) is 2.60. The molecule has 0 bridgehead atoms. The van der Waals surface area contributed by atoms with Gasteiger partial charge in [0.15, 0.2) is 0 Å². The van der Waals surface area contributed by atoms with Crippen molar-refractivity contribution in [3.05, 3.63) is 61.6 Å². The Balaban J connectivity index is 2.09. The summed E-state index contributed by atoms with van der Waals surface area (Å²) in [6, 6.07) is 6.68. The van der Waals surface area contributed by atoms with E-state index in [9.17, 15) is 8.42 Å². The van der Waals surface area contributed by atoms with Crippen LogP contribution in [0.5, 0.6) is 0 Å². The van der Waals surface area contributed by atoms with Crippen LogP contribution in [0.25, 0.3) is 0 Å². The van der Waals surface area contributed by atoms with Gasteiger partial charge in [0.2, 0.25) is 10.0 Å². The van der Waals surface area contributed by atoms with Crippen LogP contribution >= 0.6 is 0 Å². The largest absolute Gasteiger partial charge is 0.632 e. The third kappa shape index (κ3) is 3.24. The van der Waals surface area contributed by atoms with Gasteiger partial charge in [-0.3, -0.25) is 4.72 Å². The van der Waals surface area contributed by atoms with E-state index in [1.807, 2.05) is 0 Å². The first-order valence-electron chi connectivity index (χ1n) is 5.84. The predicted molar refractivity (Wildman–Crippen MR) is 79.9 cm³/mol. The minimum Gasteiger partial charge on any atom is -0.520 e. The number of benzene rings is 1. The summed E-state index contributed by atoms with van der Waals surface area (Å²) in [5.74, 6) is 0.653. The second kappa shape index (κ2) is 5.46. The van der Waals surface area contributed by atoms with Crippen LogP contribution in [0.15, 0.2) is 61.6 Å². The second-order valence-electron chi connectivity index (χ2n) is 4.21. The monoisotopic (exact) mass is 291 g/mol. The van der Waals surface area contributed by atoms with E-state index in [0.29, 0.717) is 17.2 Å². The van der Waals surface area contributed by atoms with E-state index in [-0.39, 0.29) is 5.75 Å². The average molecular weight is 291 g/mol.